The highest BCUT2D eigenvalue weighted by Gasteiger charge is 2.18. The summed E-state index contributed by atoms with van der Waals surface area (Å²) in [4.78, 5) is 0. The smallest absolute Gasteiger partial charge is 0.142 e. The first kappa shape index (κ1) is 17.0. The highest BCUT2D eigenvalue weighted by atomic mass is 35.5. The molecule has 0 N–H and O–H groups in total. The van der Waals surface area contributed by atoms with Crippen LogP contribution in [-0.4, -0.2) is 0 Å². The molecule has 1 aliphatic rings. The van der Waals surface area contributed by atoms with Gasteiger partial charge in [-0.3, -0.25) is 0 Å². The number of rotatable bonds is 3. The summed E-state index contributed by atoms with van der Waals surface area (Å²) in [6.45, 7) is 1.99. The van der Waals surface area contributed by atoms with Crippen molar-refractivity contribution in [2.24, 2.45) is 11.8 Å². The Kier molecular flexibility index (Phi) is 6.46. The van der Waals surface area contributed by atoms with Gasteiger partial charge in [-0.2, -0.15) is 0 Å². The molecule has 1 saturated carbocycles. The predicted octanol–water partition coefficient (Wildman–Crippen LogP) is 5.83. The second-order valence-corrected chi connectivity index (χ2v) is 6.14. The lowest BCUT2D eigenvalue weighted by Gasteiger charge is -2.22. The van der Waals surface area contributed by atoms with Crippen LogP contribution in [0.4, 0.5) is 8.78 Å². The van der Waals surface area contributed by atoms with Crippen LogP contribution in [0.5, 0.6) is 0 Å². The highest BCUT2D eigenvalue weighted by molar-refractivity contribution is 6.25. The van der Waals surface area contributed by atoms with E-state index in [2.05, 4.69) is 11.8 Å². The Hall–Kier alpha value is -1.33. The first-order valence-corrected chi connectivity index (χ1v) is 8.34. The van der Waals surface area contributed by atoms with Crippen LogP contribution < -0.4 is 0 Å². The van der Waals surface area contributed by atoms with Gasteiger partial charge in [0.25, 0.3) is 0 Å². The minimum Gasteiger partial charge on any atom is -0.206 e. The molecule has 0 heterocycles. The van der Waals surface area contributed by atoms with Crippen molar-refractivity contribution in [3.05, 3.63) is 46.5 Å². The van der Waals surface area contributed by atoms with E-state index in [0.717, 1.165) is 32.1 Å². The zero-order valence-electron chi connectivity index (χ0n) is 12.8. The first-order chi connectivity index (χ1) is 10.6. The number of allylic oxidation sites excluding steroid dienone is 1. The third-order valence-electron chi connectivity index (χ3n) is 4.16. The zero-order valence-corrected chi connectivity index (χ0v) is 13.6. The molecule has 3 heteroatoms. The van der Waals surface area contributed by atoms with Gasteiger partial charge in [0.1, 0.15) is 11.6 Å². The van der Waals surface area contributed by atoms with Gasteiger partial charge in [0.2, 0.25) is 0 Å². The molecule has 0 nitrogen and oxygen atoms in total. The van der Waals surface area contributed by atoms with Gasteiger partial charge < -0.3 is 0 Å². The Morgan fingerprint density at radius 2 is 1.82 bits per heavy atom. The molecule has 0 saturated heterocycles. The molecule has 0 spiro atoms. The summed E-state index contributed by atoms with van der Waals surface area (Å²) in [5.74, 6) is 5.40. The topological polar surface area (TPSA) is 0 Å². The molecule has 0 aliphatic heterocycles. The number of aryl methyl sites for hydroxylation is 1. The molecule has 118 valence electrons. The van der Waals surface area contributed by atoms with Crippen molar-refractivity contribution in [3.8, 4) is 11.8 Å². The van der Waals surface area contributed by atoms with Crippen LogP contribution in [0.1, 0.15) is 50.2 Å². The van der Waals surface area contributed by atoms with E-state index in [1.54, 1.807) is 5.54 Å². The van der Waals surface area contributed by atoms with Crippen molar-refractivity contribution in [1.82, 2.24) is 0 Å². The summed E-state index contributed by atoms with van der Waals surface area (Å²) in [6.07, 6.45) is 7.53. The average Bonchev–Trinajstić information content (AvgIpc) is 2.49. The number of hydrogen-bond acceptors (Lipinski definition) is 0. The van der Waals surface area contributed by atoms with E-state index in [4.69, 9.17) is 11.6 Å². The first-order valence-electron chi connectivity index (χ1n) is 7.90. The molecule has 0 aromatic heterocycles. The normalized spacial score (nSPS) is 21.6. The van der Waals surface area contributed by atoms with Crippen molar-refractivity contribution in [1.29, 1.82) is 0 Å². The van der Waals surface area contributed by atoms with Gasteiger partial charge in [0, 0.05) is 11.5 Å². The van der Waals surface area contributed by atoms with Crippen LogP contribution in [0, 0.1) is 35.3 Å². The maximum Gasteiger partial charge on any atom is 0.142 e. The quantitative estimate of drug-likeness (QED) is 0.614. The van der Waals surface area contributed by atoms with Crippen molar-refractivity contribution in [3.63, 3.8) is 0 Å². The largest absolute Gasteiger partial charge is 0.206 e. The van der Waals surface area contributed by atoms with Crippen LogP contribution in [0.15, 0.2) is 23.7 Å². The monoisotopic (exact) mass is 322 g/mol. The molecule has 0 radical (unpaired) electrons. The Labute approximate surface area is 136 Å². The van der Waals surface area contributed by atoms with E-state index in [-0.39, 0.29) is 11.5 Å². The van der Waals surface area contributed by atoms with Crippen molar-refractivity contribution in [2.75, 3.05) is 0 Å². The Bertz CT molecular complexity index is 564. The van der Waals surface area contributed by atoms with E-state index in [1.165, 1.54) is 12.1 Å². The minimum absolute atomic E-state index is 0.0948. The van der Waals surface area contributed by atoms with Crippen LogP contribution in [0.3, 0.4) is 0 Å². The Morgan fingerprint density at radius 3 is 2.36 bits per heavy atom. The predicted molar refractivity (Wildman–Crippen MR) is 87.7 cm³/mol. The average molecular weight is 323 g/mol. The molecule has 1 fully saturated rings. The maximum atomic E-state index is 14.0. The summed E-state index contributed by atoms with van der Waals surface area (Å²) in [6, 6.07) is 2.80. The van der Waals surface area contributed by atoms with Crippen LogP contribution in [0.25, 0.3) is 0 Å². The Morgan fingerprint density at radius 1 is 1.18 bits per heavy atom. The zero-order chi connectivity index (χ0) is 15.9. The number of hydrogen-bond donors (Lipinski definition) is 0. The summed E-state index contributed by atoms with van der Waals surface area (Å²) < 4.78 is 28.0. The van der Waals surface area contributed by atoms with Gasteiger partial charge in [-0.05, 0) is 55.7 Å². The SMILES string of the molecule is CCCc1cc(F)c(C#C[C@H]2CC[C@H](C=CCl)CC2)c(F)c1. The van der Waals surface area contributed by atoms with E-state index >= 15 is 0 Å². The van der Waals surface area contributed by atoms with Gasteiger partial charge in [0.15, 0.2) is 0 Å². The van der Waals surface area contributed by atoms with E-state index < -0.39 is 11.6 Å². The molecular formula is C19H21ClF2. The fourth-order valence-corrected chi connectivity index (χ4v) is 3.12. The van der Waals surface area contributed by atoms with Gasteiger partial charge in [-0.25, -0.2) is 8.78 Å². The summed E-state index contributed by atoms with van der Waals surface area (Å²) in [7, 11) is 0. The van der Waals surface area contributed by atoms with Crippen molar-refractivity contribution in [2.45, 2.75) is 45.4 Å². The van der Waals surface area contributed by atoms with Crippen molar-refractivity contribution < 1.29 is 8.78 Å². The Balaban J connectivity index is 2.06. The molecule has 1 aromatic carbocycles. The van der Waals surface area contributed by atoms with Gasteiger partial charge >= 0.3 is 0 Å². The van der Waals surface area contributed by atoms with E-state index in [0.29, 0.717) is 17.9 Å². The van der Waals surface area contributed by atoms with Crippen molar-refractivity contribution >= 4 is 11.6 Å². The third kappa shape index (κ3) is 4.58. The summed E-state index contributed by atoms with van der Waals surface area (Å²) >= 11 is 5.59. The fourth-order valence-electron chi connectivity index (χ4n) is 2.91. The molecule has 0 amide bonds. The second kappa shape index (κ2) is 8.34. The molecule has 0 atom stereocenters. The molecule has 0 bridgehead atoms. The van der Waals surface area contributed by atoms with Gasteiger partial charge in [0.05, 0.1) is 5.56 Å². The summed E-state index contributed by atoms with van der Waals surface area (Å²) in [5.41, 5.74) is 2.17. The molecule has 22 heavy (non-hydrogen) atoms. The van der Waals surface area contributed by atoms with Crippen LogP contribution >= 0.6 is 11.6 Å². The second-order valence-electron chi connectivity index (χ2n) is 5.88. The highest BCUT2D eigenvalue weighted by Crippen LogP contribution is 2.29. The lowest BCUT2D eigenvalue weighted by Crippen LogP contribution is -2.11. The molecule has 1 aliphatic carbocycles. The number of benzene rings is 1. The summed E-state index contributed by atoms with van der Waals surface area (Å²) in [5, 5.41) is 0. The maximum absolute atomic E-state index is 14.0. The molecule has 1 aromatic rings. The van der Waals surface area contributed by atoms with E-state index in [9.17, 15) is 8.78 Å². The lowest BCUT2D eigenvalue weighted by atomic mass is 9.82. The van der Waals surface area contributed by atoms with E-state index in [1.807, 2.05) is 13.0 Å². The molecular weight excluding hydrogens is 302 g/mol. The fraction of sp³-hybridized carbons (Fsp3) is 0.474. The van der Waals surface area contributed by atoms with Crippen LogP contribution in [-0.2, 0) is 6.42 Å². The minimum atomic E-state index is -0.547. The molecule has 0 unspecified atom stereocenters. The molecule has 2 rings (SSSR count). The number of halogens is 3. The van der Waals surface area contributed by atoms with Gasteiger partial charge in [-0.1, -0.05) is 42.9 Å². The van der Waals surface area contributed by atoms with Crippen LogP contribution in [0.2, 0.25) is 0 Å². The lowest BCUT2D eigenvalue weighted by molar-refractivity contribution is 0.365. The van der Waals surface area contributed by atoms with Gasteiger partial charge in [-0.15, -0.1) is 0 Å². The third-order valence-corrected chi connectivity index (χ3v) is 4.30. The standard InChI is InChI=1S/C19H21ClF2/c1-2-3-16-12-18(21)17(19(22)13-16)9-8-14-4-6-15(7-5-14)10-11-20/h10-15H,2-7H2,1H3/t14-,15-.